The molecule has 1 aromatic rings. The second-order valence-electron chi connectivity index (χ2n) is 3.56. The molecule has 0 bridgehead atoms. The number of ketones is 1. The van der Waals surface area contributed by atoms with Crippen molar-refractivity contribution in [3.05, 3.63) is 34.9 Å². The van der Waals surface area contributed by atoms with E-state index in [1.54, 1.807) is 38.1 Å². The molecular formula is C11H13ClO2. The van der Waals surface area contributed by atoms with Gasteiger partial charge in [-0.05, 0) is 18.1 Å². The molecule has 0 saturated carbocycles. The van der Waals surface area contributed by atoms with Crippen LogP contribution in [0.1, 0.15) is 24.2 Å². The van der Waals surface area contributed by atoms with Gasteiger partial charge in [0.2, 0.25) is 0 Å². The van der Waals surface area contributed by atoms with Gasteiger partial charge in [0.05, 0.1) is 0 Å². The molecule has 76 valence electrons. The molecule has 2 nitrogen and oxygen atoms in total. The van der Waals surface area contributed by atoms with E-state index in [1.165, 1.54) is 0 Å². The van der Waals surface area contributed by atoms with Gasteiger partial charge in [-0.2, -0.15) is 0 Å². The van der Waals surface area contributed by atoms with Gasteiger partial charge in [-0.15, -0.1) is 0 Å². The minimum atomic E-state index is -0.950. The van der Waals surface area contributed by atoms with Crippen LogP contribution in [0.5, 0.6) is 0 Å². The smallest absolute Gasteiger partial charge is 0.191 e. The molecule has 1 aromatic carbocycles. The first kappa shape index (κ1) is 11.2. The predicted octanol–water partition coefficient (Wildman–Crippen LogP) is 2.54. The molecule has 0 saturated heterocycles. The van der Waals surface area contributed by atoms with Gasteiger partial charge in [0.15, 0.2) is 5.78 Å². The topological polar surface area (TPSA) is 37.3 Å². The zero-order chi connectivity index (χ0) is 10.7. The molecule has 0 heterocycles. The fourth-order valence-corrected chi connectivity index (χ4v) is 1.31. The van der Waals surface area contributed by atoms with Crippen molar-refractivity contribution in [3.63, 3.8) is 0 Å². The number of hydrogen-bond donors (Lipinski definition) is 1. The van der Waals surface area contributed by atoms with Gasteiger partial charge in [-0.3, -0.25) is 4.79 Å². The highest BCUT2D eigenvalue weighted by atomic mass is 35.5. The zero-order valence-corrected chi connectivity index (χ0v) is 8.95. The van der Waals surface area contributed by atoms with Crippen LogP contribution in [-0.2, 0) is 0 Å². The van der Waals surface area contributed by atoms with E-state index < -0.39 is 6.10 Å². The molecule has 0 amide bonds. The maximum absolute atomic E-state index is 11.6. The number of aliphatic hydroxyl groups is 1. The highest BCUT2D eigenvalue weighted by Gasteiger charge is 2.20. The van der Waals surface area contributed by atoms with E-state index in [4.69, 9.17) is 11.6 Å². The van der Waals surface area contributed by atoms with E-state index in [0.717, 1.165) is 0 Å². The number of halogens is 1. The van der Waals surface area contributed by atoms with Crippen LogP contribution in [0.25, 0.3) is 0 Å². The van der Waals surface area contributed by atoms with Crippen molar-refractivity contribution in [1.29, 1.82) is 0 Å². The van der Waals surface area contributed by atoms with Gasteiger partial charge in [-0.25, -0.2) is 0 Å². The Morgan fingerprint density at radius 1 is 1.43 bits per heavy atom. The van der Waals surface area contributed by atoms with Gasteiger partial charge in [0, 0.05) is 10.6 Å². The average Bonchev–Trinajstić information content (AvgIpc) is 2.15. The Kier molecular flexibility index (Phi) is 3.67. The normalized spacial score (nSPS) is 12.9. The minimum Gasteiger partial charge on any atom is -0.385 e. The molecule has 0 aromatic heterocycles. The zero-order valence-electron chi connectivity index (χ0n) is 8.20. The van der Waals surface area contributed by atoms with Gasteiger partial charge in [0.25, 0.3) is 0 Å². The maximum atomic E-state index is 11.6. The molecule has 1 unspecified atom stereocenters. The van der Waals surface area contributed by atoms with Crippen molar-refractivity contribution < 1.29 is 9.90 Å². The molecule has 0 aliphatic heterocycles. The van der Waals surface area contributed by atoms with Crippen LogP contribution < -0.4 is 0 Å². The predicted molar refractivity (Wildman–Crippen MR) is 56.6 cm³/mol. The quantitative estimate of drug-likeness (QED) is 0.782. The third-order valence-corrected chi connectivity index (χ3v) is 2.24. The van der Waals surface area contributed by atoms with Crippen LogP contribution in [0.3, 0.4) is 0 Å². The average molecular weight is 213 g/mol. The van der Waals surface area contributed by atoms with Gasteiger partial charge in [0.1, 0.15) is 6.10 Å². The largest absolute Gasteiger partial charge is 0.385 e. The summed E-state index contributed by atoms with van der Waals surface area (Å²) in [5.74, 6) is -0.357. The Morgan fingerprint density at radius 3 is 2.57 bits per heavy atom. The Balaban J connectivity index is 2.89. The van der Waals surface area contributed by atoms with E-state index in [2.05, 4.69) is 0 Å². The summed E-state index contributed by atoms with van der Waals surface area (Å²) in [6.07, 6.45) is -0.950. The van der Waals surface area contributed by atoms with E-state index in [0.29, 0.717) is 10.6 Å². The maximum Gasteiger partial charge on any atom is 0.191 e. The van der Waals surface area contributed by atoms with Crippen LogP contribution in [0.2, 0.25) is 5.02 Å². The lowest BCUT2D eigenvalue weighted by atomic mass is 9.98. The summed E-state index contributed by atoms with van der Waals surface area (Å²) in [6.45, 7) is 3.60. The summed E-state index contributed by atoms with van der Waals surface area (Å²) in [7, 11) is 0. The first-order chi connectivity index (χ1) is 6.52. The Hall–Kier alpha value is -0.860. The van der Waals surface area contributed by atoms with Crippen molar-refractivity contribution in [2.45, 2.75) is 20.0 Å². The van der Waals surface area contributed by atoms with Crippen LogP contribution >= 0.6 is 11.6 Å². The lowest BCUT2D eigenvalue weighted by molar-refractivity contribution is 0.0648. The van der Waals surface area contributed by atoms with E-state index in [-0.39, 0.29) is 11.7 Å². The summed E-state index contributed by atoms with van der Waals surface area (Å²) in [4.78, 5) is 11.6. The molecule has 3 heteroatoms. The summed E-state index contributed by atoms with van der Waals surface area (Å²) in [6, 6.07) is 6.61. The molecule has 1 rings (SSSR count). The standard InChI is InChI=1S/C11H13ClO2/c1-7(2)10(13)11(14)8-4-3-5-9(12)6-8/h3-7,10,13H,1-2H3. The first-order valence-electron chi connectivity index (χ1n) is 4.50. The summed E-state index contributed by atoms with van der Waals surface area (Å²) in [5, 5.41) is 10.1. The number of carbonyl (C=O) groups excluding carboxylic acids is 1. The van der Waals surface area contributed by atoms with Crippen LogP contribution in [0.4, 0.5) is 0 Å². The summed E-state index contributed by atoms with van der Waals surface area (Å²) in [5.41, 5.74) is 0.457. The van der Waals surface area contributed by atoms with Crippen molar-refractivity contribution >= 4 is 17.4 Å². The highest BCUT2D eigenvalue weighted by Crippen LogP contribution is 2.14. The molecule has 0 fully saturated rings. The van der Waals surface area contributed by atoms with Gasteiger partial charge in [-0.1, -0.05) is 37.6 Å². The molecule has 1 atom stereocenters. The lowest BCUT2D eigenvalue weighted by Gasteiger charge is -2.12. The van der Waals surface area contributed by atoms with Crippen molar-refractivity contribution in [3.8, 4) is 0 Å². The molecule has 1 N–H and O–H groups in total. The number of rotatable bonds is 3. The number of benzene rings is 1. The monoisotopic (exact) mass is 212 g/mol. The SMILES string of the molecule is CC(C)C(O)C(=O)c1cccc(Cl)c1. The molecule has 0 spiro atoms. The second kappa shape index (κ2) is 4.58. The lowest BCUT2D eigenvalue weighted by Crippen LogP contribution is -2.26. The third kappa shape index (κ3) is 2.56. The Morgan fingerprint density at radius 2 is 2.07 bits per heavy atom. The summed E-state index contributed by atoms with van der Waals surface area (Å²) >= 11 is 5.74. The fourth-order valence-electron chi connectivity index (χ4n) is 1.12. The highest BCUT2D eigenvalue weighted by molar-refractivity contribution is 6.31. The van der Waals surface area contributed by atoms with E-state index in [1.807, 2.05) is 0 Å². The van der Waals surface area contributed by atoms with Crippen LogP contribution in [0.15, 0.2) is 24.3 Å². The van der Waals surface area contributed by atoms with E-state index in [9.17, 15) is 9.90 Å². The third-order valence-electron chi connectivity index (χ3n) is 2.01. The molecular weight excluding hydrogens is 200 g/mol. The van der Waals surface area contributed by atoms with Gasteiger partial charge < -0.3 is 5.11 Å². The number of carbonyl (C=O) groups is 1. The van der Waals surface area contributed by atoms with E-state index >= 15 is 0 Å². The first-order valence-corrected chi connectivity index (χ1v) is 4.88. The van der Waals surface area contributed by atoms with Crippen LogP contribution in [0, 0.1) is 5.92 Å². The Labute approximate surface area is 88.5 Å². The molecule has 0 radical (unpaired) electrons. The number of aliphatic hydroxyl groups excluding tert-OH is 1. The fraction of sp³-hybridized carbons (Fsp3) is 0.364. The van der Waals surface area contributed by atoms with Crippen molar-refractivity contribution in [2.24, 2.45) is 5.92 Å². The second-order valence-corrected chi connectivity index (χ2v) is 4.00. The van der Waals surface area contributed by atoms with Crippen molar-refractivity contribution in [2.75, 3.05) is 0 Å². The minimum absolute atomic E-state index is 0.0820. The number of Topliss-reactive ketones (excluding diaryl/α,β-unsaturated/α-hetero) is 1. The molecule has 14 heavy (non-hydrogen) atoms. The van der Waals surface area contributed by atoms with Crippen molar-refractivity contribution in [1.82, 2.24) is 0 Å². The molecule has 0 aliphatic carbocycles. The molecule has 0 aliphatic rings. The number of hydrogen-bond acceptors (Lipinski definition) is 2. The van der Waals surface area contributed by atoms with Crippen LogP contribution in [-0.4, -0.2) is 17.0 Å². The van der Waals surface area contributed by atoms with Gasteiger partial charge >= 0.3 is 0 Å². The Bertz CT molecular complexity index is 334. The summed E-state index contributed by atoms with van der Waals surface area (Å²) < 4.78 is 0.